The first kappa shape index (κ1) is 10.2. The molecule has 0 aliphatic heterocycles. The van der Waals surface area contributed by atoms with Crippen molar-refractivity contribution in [2.24, 2.45) is 0 Å². The Hall–Kier alpha value is -0.980. The van der Waals surface area contributed by atoms with E-state index in [1.807, 2.05) is 12.1 Å². The fraction of sp³-hybridized carbons (Fsp3) is 0.143. The van der Waals surface area contributed by atoms with Gasteiger partial charge in [0.2, 0.25) is 0 Å². The lowest BCUT2D eigenvalue weighted by atomic mass is 9.86. The van der Waals surface area contributed by atoms with Crippen molar-refractivity contribution in [1.29, 1.82) is 0 Å². The lowest BCUT2D eigenvalue weighted by molar-refractivity contribution is 0.942. The van der Waals surface area contributed by atoms with Crippen LogP contribution < -0.4 is 0 Å². The number of fused-ring (bicyclic) bond motifs is 3. The second-order valence-corrected chi connectivity index (χ2v) is 4.98. The number of hydrogen-bond donors (Lipinski definition) is 0. The highest BCUT2D eigenvalue weighted by atomic mass is 35.5. The molecule has 0 N–H and O–H groups in total. The summed E-state index contributed by atoms with van der Waals surface area (Å²) in [7, 11) is 0. The molecular formula is C14H10Cl2. The largest absolute Gasteiger partial charge is 0.0843 e. The van der Waals surface area contributed by atoms with E-state index < -0.39 is 0 Å². The molecule has 0 saturated heterocycles. The summed E-state index contributed by atoms with van der Waals surface area (Å²) in [5.41, 5.74) is 5.26. The Morgan fingerprint density at radius 1 is 0.688 bits per heavy atom. The molecule has 2 heteroatoms. The van der Waals surface area contributed by atoms with Gasteiger partial charge in [-0.1, -0.05) is 35.3 Å². The molecular weight excluding hydrogens is 239 g/mol. The van der Waals surface area contributed by atoms with E-state index in [1.165, 1.54) is 22.3 Å². The fourth-order valence-corrected chi connectivity index (χ4v) is 2.72. The van der Waals surface area contributed by atoms with Gasteiger partial charge in [0.15, 0.2) is 0 Å². The third-order valence-corrected chi connectivity index (χ3v) is 3.56. The standard InChI is InChI=1S/C14H10Cl2/c15-11-3-5-13-9(7-11)1-2-10-8-12(16)4-6-14(10)13/h3-8H,1-2H2. The van der Waals surface area contributed by atoms with Crippen LogP contribution in [0.5, 0.6) is 0 Å². The van der Waals surface area contributed by atoms with Crippen LogP contribution in [0.1, 0.15) is 11.1 Å². The van der Waals surface area contributed by atoms with Crippen molar-refractivity contribution in [3.8, 4) is 11.1 Å². The molecule has 0 unspecified atom stereocenters. The van der Waals surface area contributed by atoms with Crippen LogP contribution in [0.3, 0.4) is 0 Å². The molecule has 1 aliphatic carbocycles. The summed E-state index contributed by atoms with van der Waals surface area (Å²) in [6.07, 6.45) is 2.09. The number of aryl methyl sites for hydroxylation is 2. The normalized spacial score (nSPS) is 13.1. The van der Waals surface area contributed by atoms with Gasteiger partial charge in [0, 0.05) is 10.0 Å². The Bertz CT molecular complexity index is 507. The molecule has 2 aromatic carbocycles. The summed E-state index contributed by atoms with van der Waals surface area (Å²) >= 11 is 12.0. The van der Waals surface area contributed by atoms with Crippen LogP contribution in [0.25, 0.3) is 11.1 Å². The number of benzene rings is 2. The van der Waals surface area contributed by atoms with Crippen LogP contribution >= 0.6 is 23.2 Å². The summed E-state index contributed by atoms with van der Waals surface area (Å²) < 4.78 is 0. The molecule has 0 heterocycles. The quantitative estimate of drug-likeness (QED) is 0.631. The van der Waals surface area contributed by atoms with Crippen molar-refractivity contribution >= 4 is 23.2 Å². The van der Waals surface area contributed by atoms with E-state index in [2.05, 4.69) is 24.3 Å². The van der Waals surface area contributed by atoms with Crippen LogP contribution in [-0.4, -0.2) is 0 Å². The maximum Gasteiger partial charge on any atom is 0.0409 e. The van der Waals surface area contributed by atoms with E-state index in [4.69, 9.17) is 23.2 Å². The van der Waals surface area contributed by atoms with E-state index in [-0.39, 0.29) is 0 Å². The zero-order valence-corrected chi connectivity index (χ0v) is 10.1. The maximum atomic E-state index is 6.01. The second kappa shape index (κ2) is 3.80. The molecule has 1 aliphatic rings. The number of rotatable bonds is 0. The number of halogens is 2. The maximum absolute atomic E-state index is 6.01. The van der Waals surface area contributed by atoms with Crippen LogP contribution in [-0.2, 0) is 12.8 Å². The van der Waals surface area contributed by atoms with Crippen molar-refractivity contribution < 1.29 is 0 Å². The van der Waals surface area contributed by atoms with Gasteiger partial charge in [-0.05, 0) is 59.4 Å². The van der Waals surface area contributed by atoms with Crippen molar-refractivity contribution in [2.75, 3.05) is 0 Å². The van der Waals surface area contributed by atoms with Crippen LogP contribution in [0.2, 0.25) is 10.0 Å². The summed E-state index contributed by atoms with van der Waals surface area (Å²) in [6.45, 7) is 0. The molecule has 80 valence electrons. The average Bonchev–Trinajstić information content (AvgIpc) is 2.28. The molecule has 0 aromatic heterocycles. The van der Waals surface area contributed by atoms with E-state index in [0.717, 1.165) is 22.9 Å². The van der Waals surface area contributed by atoms with Crippen LogP contribution in [0.15, 0.2) is 36.4 Å². The van der Waals surface area contributed by atoms with Gasteiger partial charge in [0.05, 0.1) is 0 Å². The summed E-state index contributed by atoms with van der Waals surface area (Å²) in [5.74, 6) is 0. The molecule has 16 heavy (non-hydrogen) atoms. The van der Waals surface area contributed by atoms with E-state index in [9.17, 15) is 0 Å². The highest BCUT2D eigenvalue weighted by molar-refractivity contribution is 6.31. The van der Waals surface area contributed by atoms with Gasteiger partial charge in [-0.2, -0.15) is 0 Å². The SMILES string of the molecule is Clc1ccc2c(c1)CCc1cc(Cl)ccc1-2. The molecule has 2 aromatic rings. The monoisotopic (exact) mass is 248 g/mol. The topological polar surface area (TPSA) is 0 Å². The molecule has 0 bridgehead atoms. The van der Waals surface area contributed by atoms with Gasteiger partial charge in [0.1, 0.15) is 0 Å². The third-order valence-electron chi connectivity index (χ3n) is 3.09. The molecule has 0 radical (unpaired) electrons. The minimum Gasteiger partial charge on any atom is -0.0843 e. The highest BCUT2D eigenvalue weighted by Gasteiger charge is 2.15. The van der Waals surface area contributed by atoms with Crippen LogP contribution in [0, 0.1) is 0 Å². The van der Waals surface area contributed by atoms with Crippen molar-refractivity contribution in [2.45, 2.75) is 12.8 Å². The Kier molecular flexibility index (Phi) is 2.42. The fourth-order valence-electron chi connectivity index (χ4n) is 2.33. The van der Waals surface area contributed by atoms with Gasteiger partial charge in [0.25, 0.3) is 0 Å². The first-order chi connectivity index (χ1) is 7.74. The van der Waals surface area contributed by atoms with Gasteiger partial charge >= 0.3 is 0 Å². The molecule has 0 spiro atoms. The lowest BCUT2D eigenvalue weighted by Gasteiger charge is -2.20. The average molecular weight is 249 g/mol. The highest BCUT2D eigenvalue weighted by Crippen LogP contribution is 2.35. The molecule has 0 atom stereocenters. The van der Waals surface area contributed by atoms with Gasteiger partial charge in [-0.25, -0.2) is 0 Å². The first-order valence-corrected chi connectivity index (χ1v) is 6.07. The summed E-state index contributed by atoms with van der Waals surface area (Å²) in [5, 5.41) is 1.63. The predicted octanol–water partition coefficient (Wildman–Crippen LogP) is 4.76. The Balaban J connectivity index is 2.23. The number of hydrogen-bond acceptors (Lipinski definition) is 0. The van der Waals surface area contributed by atoms with Crippen molar-refractivity contribution in [3.05, 3.63) is 57.6 Å². The molecule has 3 rings (SSSR count). The smallest absolute Gasteiger partial charge is 0.0409 e. The van der Waals surface area contributed by atoms with Gasteiger partial charge < -0.3 is 0 Å². The van der Waals surface area contributed by atoms with Gasteiger partial charge in [-0.3, -0.25) is 0 Å². The zero-order chi connectivity index (χ0) is 11.1. The molecule has 0 fully saturated rings. The molecule has 0 nitrogen and oxygen atoms in total. The predicted molar refractivity (Wildman–Crippen MR) is 69.3 cm³/mol. The van der Waals surface area contributed by atoms with Crippen LogP contribution in [0.4, 0.5) is 0 Å². The van der Waals surface area contributed by atoms with Crippen molar-refractivity contribution in [1.82, 2.24) is 0 Å². The summed E-state index contributed by atoms with van der Waals surface area (Å²) in [6, 6.07) is 12.2. The molecule has 0 amide bonds. The van der Waals surface area contributed by atoms with E-state index in [1.54, 1.807) is 0 Å². The Morgan fingerprint density at radius 2 is 1.12 bits per heavy atom. The molecule has 0 saturated carbocycles. The second-order valence-electron chi connectivity index (χ2n) is 4.10. The third kappa shape index (κ3) is 1.63. The Morgan fingerprint density at radius 3 is 1.56 bits per heavy atom. The van der Waals surface area contributed by atoms with Gasteiger partial charge in [-0.15, -0.1) is 0 Å². The van der Waals surface area contributed by atoms with E-state index in [0.29, 0.717) is 0 Å². The zero-order valence-electron chi connectivity index (χ0n) is 8.63. The Labute approximate surface area is 105 Å². The van der Waals surface area contributed by atoms with Crippen molar-refractivity contribution in [3.63, 3.8) is 0 Å². The summed E-state index contributed by atoms with van der Waals surface area (Å²) in [4.78, 5) is 0. The minimum absolute atomic E-state index is 0.816. The first-order valence-electron chi connectivity index (χ1n) is 5.31. The van der Waals surface area contributed by atoms with E-state index >= 15 is 0 Å². The minimum atomic E-state index is 0.816. The lowest BCUT2D eigenvalue weighted by Crippen LogP contribution is -2.03.